The minimum atomic E-state index is -0.945. The fourth-order valence-corrected chi connectivity index (χ4v) is 2.82. The third-order valence-electron chi connectivity index (χ3n) is 4.18. The van der Waals surface area contributed by atoms with Crippen LogP contribution >= 0.6 is 0 Å². The zero-order valence-corrected chi connectivity index (χ0v) is 14.3. The number of nitrogens with one attached hydrogen (secondary N) is 1. The Morgan fingerprint density at radius 1 is 1.15 bits per heavy atom. The summed E-state index contributed by atoms with van der Waals surface area (Å²) in [6, 6.07) is 13.7. The number of carbonyl (C=O) groups is 2. The Morgan fingerprint density at radius 2 is 1.92 bits per heavy atom. The molecule has 2 N–H and O–H groups in total. The van der Waals surface area contributed by atoms with Gasteiger partial charge in [-0.25, -0.2) is 0 Å². The molecule has 3 rings (SSSR count). The number of benzene rings is 2. The fourth-order valence-electron chi connectivity index (χ4n) is 2.82. The Labute approximate surface area is 151 Å². The number of amides is 1. The van der Waals surface area contributed by atoms with Gasteiger partial charge in [0.05, 0.1) is 12.5 Å². The monoisotopic (exact) mass is 355 g/mol. The zero-order valence-electron chi connectivity index (χ0n) is 14.3. The van der Waals surface area contributed by atoms with Crippen molar-refractivity contribution in [2.45, 2.75) is 25.4 Å². The smallest absolute Gasteiger partial charge is 0.307 e. The van der Waals surface area contributed by atoms with E-state index in [0.717, 1.165) is 19.4 Å². The summed E-state index contributed by atoms with van der Waals surface area (Å²) in [6.45, 7) is 1.30. The zero-order chi connectivity index (χ0) is 18.4. The maximum absolute atomic E-state index is 12.4. The molecule has 2 aromatic rings. The predicted molar refractivity (Wildman–Crippen MR) is 96.6 cm³/mol. The standard InChI is InChI=1S/C20H21NO5/c22-19(23)12-15-4-1-2-6-18(15)21-20(24)14-7-9-16(10-8-14)26-13-17-5-3-11-25-17/h1-2,4,6-10,17H,3,5,11-13H2,(H,21,24)(H,22,23). The number of carbonyl (C=O) groups excluding carboxylic acids is 1. The topological polar surface area (TPSA) is 84.9 Å². The second kappa shape index (κ2) is 8.49. The van der Waals surface area contributed by atoms with E-state index in [1.165, 1.54) is 0 Å². The molecule has 0 bridgehead atoms. The quantitative estimate of drug-likeness (QED) is 0.797. The van der Waals surface area contributed by atoms with Crippen LogP contribution in [-0.2, 0) is 16.0 Å². The van der Waals surface area contributed by atoms with E-state index >= 15 is 0 Å². The molecule has 6 nitrogen and oxygen atoms in total. The molecule has 1 fully saturated rings. The third-order valence-corrected chi connectivity index (χ3v) is 4.18. The maximum atomic E-state index is 12.4. The molecule has 0 radical (unpaired) electrons. The summed E-state index contributed by atoms with van der Waals surface area (Å²) in [5, 5.41) is 11.7. The van der Waals surface area contributed by atoms with Crippen molar-refractivity contribution >= 4 is 17.6 Å². The molecule has 1 heterocycles. The van der Waals surface area contributed by atoms with Gasteiger partial charge in [-0.2, -0.15) is 0 Å². The number of carboxylic acids is 1. The van der Waals surface area contributed by atoms with Crippen molar-refractivity contribution in [2.75, 3.05) is 18.5 Å². The summed E-state index contributed by atoms with van der Waals surface area (Å²) in [7, 11) is 0. The second-order valence-electron chi connectivity index (χ2n) is 6.15. The average Bonchev–Trinajstić information content (AvgIpc) is 3.15. The van der Waals surface area contributed by atoms with Crippen LogP contribution < -0.4 is 10.1 Å². The number of hydrogen-bond donors (Lipinski definition) is 2. The molecule has 6 heteroatoms. The Kier molecular flexibility index (Phi) is 5.86. The van der Waals surface area contributed by atoms with E-state index in [1.54, 1.807) is 48.5 Å². The normalized spacial score (nSPS) is 16.2. The molecular formula is C20H21NO5. The van der Waals surface area contributed by atoms with Crippen molar-refractivity contribution in [2.24, 2.45) is 0 Å². The summed E-state index contributed by atoms with van der Waals surface area (Å²) in [5.74, 6) is -0.559. The maximum Gasteiger partial charge on any atom is 0.307 e. The van der Waals surface area contributed by atoms with Gasteiger partial charge in [0.1, 0.15) is 12.4 Å². The number of ether oxygens (including phenoxy) is 2. The van der Waals surface area contributed by atoms with Gasteiger partial charge in [0.25, 0.3) is 5.91 Å². The van der Waals surface area contributed by atoms with Gasteiger partial charge in [0.15, 0.2) is 0 Å². The summed E-state index contributed by atoms with van der Waals surface area (Å²) in [4.78, 5) is 23.3. The first-order chi connectivity index (χ1) is 12.6. The minimum Gasteiger partial charge on any atom is -0.491 e. The lowest BCUT2D eigenvalue weighted by atomic mass is 10.1. The van der Waals surface area contributed by atoms with Crippen LogP contribution in [0.5, 0.6) is 5.75 Å². The molecule has 26 heavy (non-hydrogen) atoms. The van der Waals surface area contributed by atoms with Gasteiger partial charge in [0.2, 0.25) is 0 Å². The van der Waals surface area contributed by atoms with E-state index < -0.39 is 5.97 Å². The lowest BCUT2D eigenvalue weighted by Gasteiger charge is -2.12. The van der Waals surface area contributed by atoms with Crippen molar-refractivity contribution in [1.29, 1.82) is 0 Å². The number of aliphatic carboxylic acids is 1. The summed E-state index contributed by atoms with van der Waals surface area (Å²) in [5.41, 5.74) is 1.53. The van der Waals surface area contributed by atoms with Gasteiger partial charge < -0.3 is 19.9 Å². The number of carboxylic acid groups (broad SMARTS) is 1. The van der Waals surface area contributed by atoms with Gasteiger partial charge in [-0.1, -0.05) is 18.2 Å². The fraction of sp³-hybridized carbons (Fsp3) is 0.300. The van der Waals surface area contributed by atoms with Crippen LogP contribution in [0.3, 0.4) is 0 Å². The number of anilines is 1. The Hall–Kier alpha value is -2.86. The first kappa shape index (κ1) is 17.9. The van der Waals surface area contributed by atoms with E-state index in [1.807, 2.05) is 0 Å². The summed E-state index contributed by atoms with van der Waals surface area (Å²) < 4.78 is 11.2. The van der Waals surface area contributed by atoms with Crippen molar-refractivity contribution < 1.29 is 24.2 Å². The third kappa shape index (κ3) is 4.83. The molecule has 0 spiro atoms. The molecule has 0 aromatic heterocycles. The Morgan fingerprint density at radius 3 is 2.62 bits per heavy atom. The molecule has 0 saturated carbocycles. The van der Waals surface area contributed by atoms with Crippen molar-refractivity contribution in [3.8, 4) is 5.75 Å². The highest BCUT2D eigenvalue weighted by atomic mass is 16.5. The minimum absolute atomic E-state index is 0.142. The van der Waals surface area contributed by atoms with E-state index in [9.17, 15) is 9.59 Å². The van der Waals surface area contributed by atoms with Crippen molar-refractivity contribution in [1.82, 2.24) is 0 Å². The highest BCUT2D eigenvalue weighted by Gasteiger charge is 2.16. The van der Waals surface area contributed by atoms with Crippen LogP contribution in [0.25, 0.3) is 0 Å². The lowest BCUT2D eigenvalue weighted by Crippen LogP contribution is -2.16. The van der Waals surface area contributed by atoms with Gasteiger partial charge in [0, 0.05) is 17.9 Å². The van der Waals surface area contributed by atoms with E-state index in [-0.39, 0.29) is 18.4 Å². The van der Waals surface area contributed by atoms with Gasteiger partial charge >= 0.3 is 5.97 Å². The molecule has 1 unspecified atom stereocenters. The molecule has 1 atom stereocenters. The highest BCUT2D eigenvalue weighted by Crippen LogP contribution is 2.19. The van der Waals surface area contributed by atoms with Crippen LogP contribution in [0.4, 0.5) is 5.69 Å². The molecule has 1 saturated heterocycles. The second-order valence-corrected chi connectivity index (χ2v) is 6.15. The van der Waals surface area contributed by atoms with Crippen molar-refractivity contribution in [3.63, 3.8) is 0 Å². The molecule has 1 amide bonds. The van der Waals surface area contributed by atoms with Crippen LogP contribution in [0.1, 0.15) is 28.8 Å². The SMILES string of the molecule is O=C(O)Cc1ccccc1NC(=O)c1ccc(OCC2CCCO2)cc1. The molecule has 1 aliphatic heterocycles. The van der Waals surface area contributed by atoms with Crippen LogP contribution in [0, 0.1) is 0 Å². The largest absolute Gasteiger partial charge is 0.491 e. The van der Waals surface area contributed by atoms with Crippen LogP contribution in [0.2, 0.25) is 0 Å². The molecule has 1 aliphatic rings. The van der Waals surface area contributed by atoms with Gasteiger partial charge in [-0.3, -0.25) is 9.59 Å². The van der Waals surface area contributed by atoms with Gasteiger partial charge in [-0.15, -0.1) is 0 Å². The average molecular weight is 355 g/mol. The van der Waals surface area contributed by atoms with E-state index in [2.05, 4.69) is 5.32 Å². The van der Waals surface area contributed by atoms with Crippen LogP contribution in [-0.4, -0.2) is 36.3 Å². The number of hydrogen-bond acceptors (Lipinski definition) is 4. The molecule has 136 valence electrons. The molecule has 0 aliphatic carbocycles. The van der Waals surface area contributed by atoms with Crippen molar-refractivity contribution in [3.05, 3.63) is 59.7 Å². The predicted octanol–water partition coefficient (Wildman–Crippen LogP) is 3.12. The van der Waals surface area contributed by atoms with E-state index in [0.29, 0.717) is 29.2 Å². The molecular weight excluding hydrogens is 334 g/mol. The summed E-state index contributed by atoms with van der Waals surface area (Å²) in [6.07, 6.45) is 2.07. The van der Waals surface area contributed by atoms with Crippen LogP contribution in [0.15, 0.2) is 48.5 Å². The highest BCUT2D eigenvalue weighted by molar-refractivity contribution is 6.04. The lowest BCUT2D eigenvalue weighted by molar-refractivity contribution is -0.136. The van der Waals surface area contributed by atoms with Gasteiger partial charge in [-0.05, 0) is 48.7 Å². The number of rotatable bonds is 7. The first-order valence-electron chi connectivity index (χ1n) is 8.57. The summed E-state index contributed by atoms with van der Waals surface area (Å²) >= 11 is 0. The first-order valence-corrected chi connectivity index (χ1v) is 8.57. The van der Waals surface area contributed by atoms with E-state index in [4.69, 9.17) is 14.6 Å². The number of para-hydroxylation sites is 1. The molecule has 2 aromatic carbocycles. The Bertz CT molecular complexity index is 766. The Balaban J connectivity index is 1.60.